The Labute approximate surface area is 193 Å². The number of aryl methyl sites for hydroxylation is 1. The molecule has 1 aromatic rings. The number of unbranched alkanes of at least 4 members (excludes halogenated alkanes) is 1. The molecule has 6 heteroatoms. The summed E-state index contributed by atoms with van der Waals surface area (Å²) in [5, 5.41) is 0. The Morgan fingerprint density at radius 1 is 1.00 bits per heavy atom. The fraction of sp³-hybridized carbons (Fsp3) is 0.692. The van der Waals surface area contributed by atoms with E-state index in [0.29, 0.717) is 5.92 Å². The number of rotatable bonds is 7. The third-order valence-electron chi connectivity index (χ3n) is 6.53. The van der Waals surface area contributed by atoms with Crippen molar-refractivity contribution in [1.29, 1.82) is 0 Å². The molecule has 2 aliphatic heterocycles. The minimum Gasteiger partial charge on any atom is -0.444 e. The summed E-state index contributed by atoms with van der Waals surface area (Å²) in [4.78, 5) is 28.6. The quantitative estimate of drug-likeness (QED) is 0.539. The van der Waals surface area contributed by atoms with Gasteiger partial charge in [0.05, 0.1) is 0 Å². The highest BCUT2D eigenvalue weighted by Crippen LogP contribution is 2.25. The van der Waals surface area contributed by atoms with Crippen molar-refractivity contribution < 1.29 is 19.1 Å². The molecule has 0 spiro atoms. The number of benzene rings is 1. The van der Waals surface area contributed by atoms with Crippen molar-refractivity contribution in [2.45, 2.75) is 84.0 Å². The molecule has 0 N–H and O–H groups in total. The number of hydrogen-bond donors (Lipinski definition) is 0. The summed E-state index contributed by atoms with van der Waals surface area (Å²) in [6.07, 6.45) is 8.38. The third-order valence-corrected chi connectivity index (χ3v) is 6.53. The van der Waals surface area contributed by atoms with Gasteiger partial charge in [-0.2, -0.15) is 0 Å². The maximum Gasteiger partial charge on any atom is 0.410 e. The molecule has 178 valence electrons. The lowest BCUT2D eigenvalue weighted by Gasteiger charge is -2.33. The Hall–Kier alpha value is -2.08. The molecule has 0 aliphatic carbocycles. The Morgan fingerprint density at radius 3 is 2.31 bits per heavy atom. The van der Waals surface area contributed by atoms with E-state index in [0.717, 1.165) is 63.7 Å². The number of nitrogens with zero attached hydrogens (tertiary/aromatic N) is 2. The van der Waals surface area contributed by atoms with Gasteiger partial charge in [-0.25, -0.2) is 4.79 Å². The maximum absolute atomic E-state index is 12.7. The van der Waals surface area contributed by atoms with Gasteiger partial charge in [0.2, 0.25) is 0 Å². The van der Waals surface area contributed by atoms with Crippen LogP contribution in [0.4, 0.5) is 4.79 Å². The highest BCUT2D eigenvalue weighted by atomic mass is 16.6. The minimum absolute atomic E-state index is 0.0682. The lowest BCUT2D eigenvalue weighted by molar-refractivity contribution is 0.00163. The molecule has 2 amide bonds. The van der Waals surface area contributed by atoms with Gasteiger partial charge in [-0.3, -0.25) is 4.79 Å². The summed E-state index contributed by atoms with van der Waals surface area (Å²) in [6, 6.07) is 8.08. The largest absolute Gasteiger partial charge is 0.444 e. The molecule has 0 unspecified atom stereocenters. The van der Waals surface area contributed by atoms with E-state index in [1.807, 2.05) is 42.7 Å². The fourth-order valence-electron chi connectivity index (χ4n) is 4.69. The lowest BCUT2D eigenvalue weighted by atomic mass is 9.91. The third kappa shape index (κ3) is 6.96. The second kappa shape index (κ2) is 11.2. The van der Waals surface area contributed by atoms with E-state index in [1.54, 1.807) is 7.11 Å². The van der Waals surface area contributed by atoms with Crippen LogP contribution in [0.5, 0.6) is 0 Å². The van der Waals surface area contributed by atoms with Crippen LogP contribution in [0.1, 0.15) is 81.6 Å². The van der Waals surface area contributed by atoms with Crippen molar-refractivity contribution in [3.8, 4) is 0 Å². The van der Waals surface area contributed by atoms with Crippen molar-refractivity contribution in [3.63, 3.8) is 0 Å². The predicted octanol–water partition coefficient (Wildman–Crippen LogP) is 5.26. The van der Waals surface area contributed by atoms with Crippen molar-refractivity contribution in [1.82, 2.24) is 9.80 Å². The van der Waals surface area contributed by atoms with Gasteiger partial charge in [0.1, 0.15) is 11.8 Å². The van der Waals surface area contributed by atoms with E-state index >= 15 is 0 Å². The molecule has 0 saturated carbocycles. The fourth-order valence-corrected chi connectivity index (χ4v) is 4.69. The van der Waals surface area contributed by atoms with Crippen molar-refractivity contribution >= 4 is 12.0 Å². The number of carbonyl (C=O) groups is 2. The number of ether oxygens (including phenoxy) is 2. The van der Waals surface area contributed by atoms with Crippen molar-refractivity contribution in [2.24, 2.45) is 5.92 Å². The lowest BCUT2D eigenvalue weighted by Crippen LogP contribution is -2.41. The van der Waals surface area contributed by atoms with Crippen LogP contribution in [-0.2, 0) is 15.9 Å². The summed E-state index contributed by atoms with van der Waals surface area (Å²) in [7, 11) is 1.67. The Balaban J connectivity index is 1.34. The maximum atomic E-state index is 12.7. The van der Waals surface area contributed by atoms with E-state index < -0.39 is 5.60 Å². The van der Waals surface area contributed by atoms with E-state index in [1.165, 1.54) is 18.4 Å². The molecular weight excluding hydrogens is 404 g/mol. The van der Waals surface area contributed by atoms with Crippen LogP contribution in [0.25, 0.3) is 0 Å². The highest BCUT2D eigenvalue weighted by Gasteiger charge is 2.29. The summed E-state index contributed by atoms with van der Waals surface area (Å²) in [5.41, 5.74) is 1.60. The molecule has 0 radical (unpaired) electrons. The zero-order valence-corrected chi connectivity index (χ0v) is 20.3. The monoisotopic (exact) mass is 444 g/mol. The van der Waals surface area contributed by atoms with Crippen LogP contribution in [-0.4, -0.2) is 60.4 Å². The van der Waals surface area contributed by atoms with Gasteiger partial charge in [-0.15, -0.1) is 0 Å². The Bertz CT molecular complexity index is 748. The van der Waals surface area contributed by atoms with Crippen LogP contribution >= 0.6 is 0 Å². The van der Waals surface area contributed by atoms with E-state index in [4.69, 9.17) is 9.47 Å². The number of amides is 2. The van der Waals surface area contributed by atoms with Gasteiger partial charge in [-0.1, -0.05) is 25.0 Å². The van der Waals surface area contributed by atoms with Crippen LogP contribution in [0.15, 0.2) is 24.3 Å². The molecule has 1 atom stereocenters. The first kappa shape index (κ1) is 24.6. The normalized spacial score (nSPS) is 19.9. The van der Waals surface area contributed by atoms with Gasteiger partial charge in [0, 0.05) is 32.3 Å². The molecule has 0 aromatic heterocycles. The summed E-state index contributed by atoms with van der Waals surface area (Å²) in [5.74, 6) is 0.765. The number of piperidine rings is 1. The number of hydrogen-bond acceptors (Lipinski definition) is 4. The molecule has 32 heavy (non-hydrogen) atoms. The van der Waals surface area contributed by atoms with Crippen molar-refractivity contribution in [3.05, 3.63) is 35.4 Å². The molecule has 2 saturated heterocycles. The first-order valence-electron chi connectivity index (χ1n) is 12.2. The molecule has 6 nitrogen and oxygen atoms in total. The van der Waals surface area contributed by atoms with Gasteiger partial charge in [0.15, 0.2) is 0 Å². The first-order chi connectivity index (χ1) is 15.3. The van der Waals surface area contributed by atoms with Gasteiger partial charge < -0.3 is 19.3 Å². The Morgan fingerprint density at radius 2 is 1.69 bits per heavy atom. The standard InChI is InChI=1S/C26H40N2O4/c1-26(2,3)32-25(30)27-18-15-21(16-19-27)9-6-5-8-20-11-13-22(14-12-20)24(29)28-17-7-10-23(28)31-4/h11-14,21,23H,5-10,15-19H2,1-4H3/t23-/m0/s1. The van der Waals surface area contributed by atoms with Gasteiger partial charge in [0.25, 0.3) is 5.91 Å². The first-order valence-corrected chi connectivity index (χ1v) is 12.2. The van der Waals surface area contributed by atoms with Gasteiger partial charge in [-0.05, 0) is 82.9 Å². The summed E-state index contributed by atoms with van der Waals surface area (Å²) >= 11 is 0. The summed E-state index contributed by atoms with van der Waals surface area (Å²) < 4.78 is 10.9. The van der Waals surface area contributed by atoms with Crippen LogP contribution < -0.4 is 0 Å². The molecule has 2 fully saturated rings. The average molecular weight is 445 g/mol. The van der Waals surface area contributed by atoms with Crippen LogP contribution in [0.2, 0.25) is 0 Å². The average Bonchev–Trinajstić information content (AvgIpc) is 3.25. The zero-order chi connectivity index (χ0) is 23.1. The molecule has 2 aliphatic rings. The number of carbonyl (C=O) groups excluding carboxylic acids is 2. The van der Waals surface area contributed by atoms with E-state index in [9.17, 15) is 9.59 Å². The number of methoxy groups -OCH3 is 1. The second-order valence-electron chi connectivity index (χ2n) is 10.2. The predicted molar refractivity (Wildman–Crippen MR) is 126 cm³/mol. The van der Waals surface area contributed by atoms with E-state index in [-0.39, 0.29) is 18.2 Å². The zero-order valence-electron chi connectivity index (χ0n) is 20.3. The molecule has 2 heterocycles. The topological polar surface area (TPSA) is 59.1 Å². The second-order valence-corrected chi connectivity index (χ2v) is 10.2. The molecular formula is C26H40N2O4. The minimum atomic E-state index is -0.431. The molecule has 0 bridgehead atoms. The molecule has 3 rings (SSSR count). The molecule has 1 aromatic carbocycles. The van der Waals surface area contributed by atoms with Gasteiger partial charge >= 0.3 is 6.09 Å². The highest BCUT2D eigenvalue weighted by molar-refractivity contribution is 5.94. The van der Waals surface area contributed by atoms with Crippen LogP contribution in [0, 0.1) is 5.92 Å². The van der Waals surface area contributed by atoms with Crippen LogP contribution in [0.3, 0.4) is 0 Å². The SMILES string of the molecule is CO[C@H]1CCCN1C(=O)c1ccc(CCCCC2CCN(C(=O)OC(C)(C)C)CC2)cc1. The smallest absolute Gasteiger partial charge is 0.410 e. The summed E-state index contributed by atoms with van der Waals surface area (Å²) in [6.45, 7) is 8.11. The number of likely N-dealkylation sites (tertiary alicyclic amines) is 2. The Kier molecular flexibility index (Phi) is 8.57. The van der Waals surface area contributed by atoms with Crippen molar-refractivity contribution in [2.75, 3.05) is 26.7 Å². The van der Waals surface area contributed by atoms with E-state index in [2.05, 4.69) is 12.1 Å².